The van der Waals surface area contributed by atoms with Gasteiger partial charge < -0.3 is 14.6 Å². The number of carbonyl (C=O) groups is 3. The molecule has 8 nitrogen and oxygen atoms in total. The van der Waals surface area contributed by atoms with Gasteiger partial charge in [0.05, 0.1) is 23.9 Å². The van der Waals surface area contributed by atoms with E-state index in [0.717, 1.165) is 11.3 Å². The Morgan fingerprint density at radius 1 is 1.24 bits per heavy atom. The number of amides is 1. The Hall–Kier alpha value is -3.95. The van der Waals surface area contributed by atoms with Gasteiger partial charge in [-0.05, 0) is 62.2 Å². The van der Waals surface area contributed by atoms with Crippen LogP contribution in [0.2, 0.25) is 5.02 Å². The quantitative estimate of drug-likeness (QED) is 0.124. The normalized spacial score (nSPS) is 16.5. The number of ketones is 1. The number of ether oxygens (including phenoxy) is 2. The van der Waals surface area contributed by atoms with Gasteiger partial charge in [-0.2, -0.15) is 0 Å². The van der Waals surface area contributed by atoms with E-state index in [1.807, 2.05) is 0 Å². The predicted molar refractivity (Wildman–Crippen MR) is 146 cm³/mol. The van der Waals surface area contributed by atoms with Crippen LogP contribution in [0.3, 0.4) is 0 Å². The average molecular weight is 553 g/mol. The van der Waals surface area contributed by atoms with Crippen LogP contribution < -0.4 is 9.64 Å². The lowest BCUT2D eigenvalue weighted by Crippen LogP contribution is -2.29. The molecule has 196 valence electrons. The smallest absolute Gasteiger partial charge is 0.350 e. The Morgan fingerprint density at radius 3 is 2.66 bits per heavy atom. The number of aryl methyl sites for hydroxylation is 2. The molecule has 10 heteroatoms. The Kier molecular flexibility index (Phi) is 7.99. The highest BCUT2D eigenvalue weighted by atomic mass is 35.5. The fraction of sp³-hybridized carbons (Fsp3) is 0.214. The molecule has 38 heavy (non-hydrogen) atoms. The van der Waals surface area contributed by atoms with Crippen LogP contribution in [0.25, 0.3) is 5.76 Å². The van der Waals surface area contributed by atoms with Gasteiger partial charge in [-0.25, -0.2) is 9.78 Å². The number of aromatic nitrogens is 1. The molecule has 1 aromatic heterocycles. The van der Waals surface area contributed by atoms with Crippen LogP contribution in [-0.2, 0) is 14.3 Å². The van der Waals surface area contributed by atoms with Crippen molar-refractivity contribution >= 4 is 51.5 Å². The molecule has 1 fully saturated rings. The molecular formula is C28H25ClN2O6S. The first-order chi connectivity index (χ1) is 18.2. The van der Waals surface area contributed by atoms with E-state index in [1.54, 1.807) is 69.3 Å². The lowest BCUT2D eigenvalue weighted by molar-refractivity contribution is -0.132. The number of halogens is 1. The lowest BCUT2D eigenvalue weighted by Gasteiger charge is -2.23. The summed E-state index contributed by atoms with van der Waals surface area (Å²) in [6.07, 6.45) is 1.61. The molecule has 0 radical (unpaired) electrons. The van der Waals surface area contributed by atoms with Gasteiger partial charge in [0.15, 0.2) is 5.13 Å². The summed E-state index contributed by atoms with van der Waals surface area (Å²) >= 11 is 7.20. The van der Waals surface area contributed by atoms with Crippen molar-refractivity contribution in [2.45, 2.75) is 26.8 Å². The summed E-state index contributed by atoms with van der Waals surface area (Å²) in [5, 5.41) is 12.0. The summed E-state index contributed by atoms with van der Waals surface area (Å²) < 4.78 is 10.7. The van der Waals surface area contributed by atoms with Gasteiger partial charge in [-0.15, -0.1) is 0 Å². The molecule has 1 aliphatic heterocycles. The van der Waals surface area contributed by atoms with Crippen LogP contribution in [-0.4, -0.2) is 41.0 Å². The Morgan fingerprint density at radius 2 is 2.00 bits per heavy atom. The molecule has 1 aliphatic rings. The standard InChI is InChI=1S/C28H25ClN2O6S/c1-5-12-37-19-10-11-20(15(3)13-19)23(32)21-22(17-8-7-9-18(29)14-17)31(26(34)24(21)33)28-30-16(4)25(38-28)27(35)36-6-2/h5,7-11,13-14,22,32H,1,6,12H2,2-4H3. The second-order valence-electron chi connectivity index (χ2n) is 8.43. The number of rotatable bonds is 8. The van der Waals surface area contributed by atoms with E-state index in [4.69, 9.17) is 21.1 Å². The minimum atomic E-state index is -1.04. The Labute approximate surface area is 228 Å². The summed E-state index contributed by atoms with van der Waals surface area (Å²) in [6, 6.07) is 10.6. The lowest BCUT2D eigenvalue weighted by atomic mass is 9.94. The SMILES string of the molecule is C=CCOc1ccc(C(O)=C2C(=O)C(=O)N(c3nc(C)c(C(=O)OCC)s3)C2c2cccc(Cl)c2)c(C)c1. The largest absolute Gasteiger partial charge is 0.507 e. The molecule has 0 aliphatic carbocycles. The van der Waals surface area contributed by atoms with Gasteiger partial charge in [-0.3, -0.25) is 14.5 Å². The third kappa shape index (κ3) is 5.07. The minimum absolute atomic E-state index is 0.120. The number of esters is 1. The summed E-state index contributed by atoms with van der Waals surface area (Å²) in [5.74, 6) is -2.12. The number of aliphatic hydroxyl groups excluding tert-OH is 1. The summed E-state index contributed by atoms with van der Waals surface area (Å²) in [7, 11) is 0. The first-order valence-electron chi connectivity index (χ1n) is 11.7. The number of hydrogen-bond acceptors (Lipinski definition) is 8. The molecule has 1 N–H and O–H groups in total. The van der Waals surface area contributed by atoms with Crippen molar-refractivity contribution in [3.8, 4) is 5.75 Å². The molecule has 3 aromatic rings. The van der Waals surface area contributed by atoms with Crippen molar-refractivity contribution in [3.05, 3.63) is 93.0 Å². The number of thiazole rings is 1. The highest BCUT2D eigenvalue weighted by Gasteiger charge is 2.48. The minimum Gasteiger partial charge on any atom is -0.507 e. The zero-order valence-electron chi connectivity index (χ0n) is 21.0. The van der Waals surface area contributed by atoms with E-state index in [1.165, 1.54) is 4.90 Å². The average Bonchev–Trinajstić information content (AvgIpc) is 3.39. The van der Waals surface area contributed by atoms with Crippen LogP contribution in [0.1, 0.15) is 45.0 Å². The van der Waals surface area contributed by atoms with E-state index in [2.05, 4.69) is 11.6 Å². The van der Waals surface area contributed by atoms with Crippen molar-refractivity contribution < 1.29 is 29.0 Å². The van der Waals surface area contributed by atoms with Crippen molar-refractivity contribution in [3.63, 3.8) is 0 Å². The van der Waals surface area contributed by atoms with Gasteiger partial charge >= 0.3 is 11.9 Å². The molecule has 1 saturated heterocycles. The molecule has 2 aromatic carbocycles. The zero-order chi connectivity index (χ0) is 27.6. The number of nitrogens with zero attached hydrogens (tertiary/aromatic N) is 2. The van der Waals surface area contributed by atoms with E-state index in [-0.39, 0.29) is 27.9 Å². The molecule has 1 unspecified atom stereocenters. The van der Waals surface area contributed by atoms with Crippen molar-refractivity contribution in [2.75, 3.05) is 18.1 Å². The second kappa shape index (κ2) is 11.2. The monoisotopic (exact) mass is 552 g/mol. The number of Topliss-reactive ketones (excluding diaryl/α,β-unsaturated/α-hetero) is 1. The summed E-state index contributed by atoms with van der Waals surface area (Å²) in [5.41, 5.74) is 1.73. The van der Waals surface area contributed by atoms with Gasteiger partial charge in [0, 0.05) is 10.6 Å². The summed E-state index contributed by atoms with van der Waals surface area (Å²) in [6.45, 7) is 9.18. The van der Waals surface area contributed by atoms with Gasteiger partial charge in [-0.1, -0.05) is 47.7 Å². The highest BCUT2D eigenvalue weighted by molar-refractivity contribution is 7.17. The topological polar surface area (TPSA) is 106 Å². The molecule has 0 bridgehead atoms. The van der Waals surface area contributed by atoms with Crippen LogP contribution in [0.15, 0.2) is 60.7 Å². The zero-order valence-corrected chi connectivity index (χ0v) is 22.6. The van der Waals surface area contributed by atoms with E-state index < -0.39 is 23.7 Å². The first-order valence-corrected chi connectivity index (χ1v) is 12.9. The van der Waals surface area contributed by atoms with Crippen molar-refractivity contribution in [1.29, 1.82) is 0 Å². The van der Waals surface area contributed by atoms with Crippen LogP contribution in [0, 0.1) is 13.8 Å². The van der Waals surface area contributed by atoms with Crippen molar-refractivity contribution in [2.24, 2.45) is 0 Å². The number of carbonyl (C=O) groups excluding carboxylic acids is 3. The summed E-state index contributed by atoms with van der Waals surface area (Å²) in [4.78, 5) is 45.1. The Balaban J connectivity index is 1.89. The number of benzene rings is 2. The third-order valence-electron chi connectivity index (χ3n) is 5.88. The van der Waals surface area contributed by atoms with Crippen molar-refractivity contribution in [1.82, 2.24) is 4.98 Å². The van der Waals surface area contributed by atoms with Crippen LogP contribution >= 0.6 is 22.9 Å². The van der Waals surface area contributed by atoms with E-state index >= 15 is 0 Å². The number of aliphatic hydroxyl groups is 1. The first kappa shape index (κ1) is 27.1. The molecule has 1 atom stereocenters. The number of hydrogen-bond donors (Lipinski definition) is 1. The van der Waals surface area contributed by atoms with Gasteiger partial charge in [0.1, 0.15) is 23.0 Å². The maximum absolute atomic E-state index is 13.4. The van der Waals surface area contributed by atoms with E-state index in [9.17, 15) is 19.5 Å². The second-order valence-corrected chi connectivity index (χ2v) is 9.85. The van der Waals surface area contributed by atoms with Gasteiger partial charge in [0.2, 0.25) is 0 Å². The molecule has 0 saturated carbocycles. The molecular weight excluding hydrogens is 528 g/mol. The van der Waals surface area contributed by atoms with Crippen LogP contribution in [0.4, 0.5) is 5.13 Å². The number of anilines is 1. The predicted octanol–water partition coefficient (Wildman–Crippen LogP) is 5.78. The highest BCUT2D eigenvalue weighted by Crippen LogP contribution is 2.44. The Bertz CT molecular complexity index is 1480. The maximum Gasteiger partial charge on any atom is 0.350 e. The molecule has 0 spiro atoms. The fourth-order valence-corrected chi connectivity index (χ4v) is 5.37. The third-order valence-corrected chi connectivity index (χ3v) is 7.25. The molecule has 4 rings (SSSR count). The molecule has 1 amide bonds. The van der Waals surface area contributed by atoms with Gasteiger partial charge in [0.25, 0.3) is 5.78 Å². The van der Waals surface area contributed by atoms with E-state index in [0.29, 0.717) is 39.8 Å². The fourth-order valence-electron chi connectivity index (χ4n) is 4.19. The van der Waals surface area contributed by atoms with Crippen LogP contribution in [0.5, 0.6) is 5.75 Å². The molecule has 2 heterocycles. The maximum atomic E-state index is 13.4.